The normalized spacial score (nSPS) is 16.6. The predicted molar refractivity (Wildman–Crippen MR) is 112 cm³/mol. The summed E-state index contributed by atoms with van der Waals surface area (Å²) in [6, 6.07) is 9.65. The predicted octanol–water partition coefficient (Wildman–Crippen LogP) is 3.06. The van der Waals surface area contributed by atoms with Gasteiger partial charge in [0.15, 0.2) is 0 Å². The van der Waals surface area contributed by atoms with E-state index >= 15 is 0 Å². The van der Waals surface area contributed by atoms with E-state index in [0.717, 1.165) is 31.4 Å². The second-order valence-electron chi connectivity index (χ2n) is 7.65. The molecule has 1 fully saturated rings. The van der Waals surface area contributed by atoms with Gasteiger partial charge in [-0.05, 0) is 33.1 Å². The first-order chi connectivity index (χ1) is 14.5. The molecule has 1 aliphatic heterocycles. The number of carbonyl (C=O) groups is 1. The lowest BCUT2D eigenvalue weighted by molar-refractivity contribution is -0.134. The fraction of sp³-hybridized carbons (Fsp3) is 0.409. The van der Waals surface area contributed by atoms with Crippen molar-refractivity contribution < 1.29 is 9.32 Å². The Balaban J connectivity index is 1.55. The molecule has 8 heteroatoms. The molecule has 4 rings (SSSR count). The van der Waals surface area contributed by atoms with Crippen LogP contribution in [0.25, 0.3) is 22.8 Å². The summed E-state index contributed by atoms with van der Waals surface area (Å²) in [5.41, 5.74) is 0.744. The van der Waals surface area contributed by atoms with Crippen molar-refractivity contribution in [1.29, 1.82) is 0 Å². The highest BCUT2D eigenvalue weighted by Gasteiger charge is 2.23. The molecule has 0 aliphatic carbocycles. The molecule has 1 aliphatic rings. The summed E-state index contributed by atoms with van der Waals surface area (Å²) in [4.78, 5) is 36.3. The lowest BCUT2D eigenvalue weighted by atomic mass is 10.0. The van der Waals surface area contributed by atoms with Crippen LogP contribution in [-0.2, 0) is 11.3 Å². The SMILES string of the molecule is Cc1ncc(-c2nc(-c3ccccc3)no2)c(=O)n1CCC(=O)N1CCCCC1C. The van der Waals surface area contributed by atoms with Crippen molar-refractivity contribution in [1.82, 2.24) is 24.6 Å². The average molecular weight is 407 g/mol. The largest absolute Gasteiger partial charge is 0.340 e. The van der Waals surface area contributed by atoms with Gasteiger partial charge in [0.25, 0.3) is 11.4 Å². The third kappa shape index (κ3) is 4.03. The summed E-state index contributed by atoms with van der Waals surface area (Å²) in [6.45, 7) is 4.89. The maximum absolute atomic E-state index is 13.1. The van der Waals surface area contributed by atoms with Crippen molar-refractivity contribution in [3.63, 3.8) is 0 Å². The Hall–Kier alpha value is -3.29. The van der Waals surface area contributed by atoms with Crippen LogP contribution in [0, 0.1) is 6.92 Å². The number of aromatic nitrogens is 4. The highest BCUT2D eigenvalue weighted by atomic mass is 16.5. The number of nitrogens with zero attached hydrogens (tertiary/aromatic N) is 5. The number of likely N-dealkylation sites (tertiary alicyclic amines) is 1. The van der Waals surface area contributed by atoms with Gasteiger partial charge >= 0.3 is 0 Å². The van der Waals surface area contributed by atoms with E-state index in [9.17, 15) is 9.59 Å². The number of piperidine rings is 1. The summed E-state index contributed by atoms with van der Waals surface area (Å²) in [5, 5.41) is 3.98. The van der Waals surface area contributed by atoms with E-state index in [0.29, 0.717) is 11.6 Å². The molecule has 1 saturated heterocycles. The van der Waals surface area contributed by atoms with Crippen LogP contribution in [-0.4, -0.2) is 43.1 Å². The second-order valence-corrected chi connectivity index (χ2v) is 7.65. The van der Waals surface area contributed by atoms with Crippen LogP contribution in [0.5, 0.6) is 0 Å². The van der Waals surface area contributed by atoms with Crippen molar-refractivity contribution in [2.24, 2.45) is 0 Å². The molecule has 1 amide bonds. The molecular weight excluding hydrogens is 382 g/mol. The van der Waals surface area contributed by atoms with Crippen molar-refractivity contribution >= 4 is 5.91 Å². The maximum atomic E-state index is 13.1. The minimum atomic E-state index is -0.287. The number of benzene rings is 1. The smallest absolute Gasteiger partial charge is 0.266 e. The Kier molecular flexibility index (Phi) is 5.74. The third-order valence-corrected chi connectivity index (χ3v) is 5.61. The first-order valence-corrected chi connectivity index (χ1v) is 10.3. The van der Waals surface area contributed by atoms with Gasteiger partial charge in [0, 0.05) is 37.3 Å². The molecule has 1 aromatic carbocycles. The van der Waals surface area contributed by atoms with Crippen molar-refractivity contribution in [3.05, 3.63) is 52.7 Å². The van der Waals surface area contributed by atoms with Crippen molar-refractivity contribution in [2.75, 3.05) is 6.54 Å². The minimum absolute atomic E-state index is 0.0723. The zero-order valence-corrected chi connectivity index (χ0v) is 17.2. The van der Waals surface area contributed by atoms with Crippen LogP contribution >= 0.6 is 0 Å². The first-order valence-electron chi connectivity index (χ1n) is 10.3. The third-order valence-electron chi connectivity index (χ3n) is 5.61. The Morgan fingerprint density at radius 3 is 2.80 bits per heavy atom. The second kappa shape index (κ2) is 8.61. The van der Waals surface area contributed by atoms with Gasteiger partial charge in [-0.15, -0.1) is 0 Å². The summed E-state index contributed by atoms with van der Waals surface area (Å²) >= 11 is 0. The summed E-state index contributed by atoms with van der Waals surface area (Å²) in [7, 11) is 0. The monoisotopic (exact) mass is 407 g/mol. The van der Waals surface area contributed by atoms with E-state index in [-0.39, 0.29) is 41.9 Å². The number of rotatable bonds is 5. The van der Waals surface area contributed by atoms with Gasteiger partial charge in [-0.2, -0.15) is 4.98 Å². The van der Waals surface area contributed by atoms with Gasteiger partial charge in [-0.1, -0.05) is 35.5 Å². The lowest BCUT2D eigenvalue weighted by Crippen LogP contribution is -2.42. The summed E-state index contributed by atoms with van der Waals surface area (Å²) in [5.74, 6) is 1.15. The molecule has 1 unspecified atom stereocenters. The summed E-state index contributed by atoms with van der Waals surface area (Å²) in [6.07, 6.45) is 4.93. The standard InChI is InChI=1S/C22H25N5O3/c1-15-8-6-7-12-26(15)19(28)11-13-27-16(2)23-14-18(22(27)29)21-24-20(25-30-21)17-9-4-3-5-10-17/h3-5,9-10,14-15H,6-8,11-13H2,1-2H3. The Bertz CT molecular complexity index is 1090. The van der Waals surface area contributed by atoms with E-state index in [1.807, 2.05) is 35.2 Å². The molecule has 2 aromatic heterocycles. The molecule has 0 N–H and O–H groups in total. The molecule has 8 nitrogen and oxygen atoms in total. The zero-order chi connectivity index (χ0) is 21.1. The van der Waals surface area contributed by atoms with Gasteiger partial charge in [0.05, 0.1) is 0 Å². The van der Waals surface area contributed by atoms with Gasteiger partial charge in [0.1, 0.15) is 11.4 Å². The van der Waals surface area contributed by atoms with Gasteiger partial charge in [-0.25, -0.2) is 4.98 Å². The Labute approximate surface area is 174 Å². The van der Waals surface area contributed by atoms with Gasteiger partial charge in [0.2, 0.25) is 11.7 Å². The number of amides is 1. The van der Waals surface area contributed by atoms with E-state index < -0.39 is 0 Å². The number of carbonyl (C=O) groups excluding carboxylic acids is 1. The van der Waals surface area contributed by atoms with Crippen LogP contribution in [0.15, 0.2) is 45.8 Å². The van der Waals surface area contributed by atoms with Crippen LogP contribution in [0.1, 0.15) is 38.4 Å². The molecule has 0 spiro atoms. The molecule has 1 atom stereocenters. The Morgan fingerprint density at radius 2 is 2.03 bits per heavy atom. The van der Waals surface area contributed by atoms with Crippen molar-refractivity contribution in [3.8, 4) is 22.8 Å². The highest BCUT2D eigenvalue weighted by molar-refractivity contribution is 5.76. The minimum Gasteiger partial charge on any atom is -0.340 e. The fourth-order valence-corrected chi connectivity index (χ4v) is 3.84. The lowest BCUT2D eigenvalue weighted by Gasteiger charge is -2.33. The molecule has 0 radical (unpaired) electrons. The fourth-order valence-electron chi connectivity index (χ4n) is 3.84. The van der Waals surface area contributed by atoms with E-state index in [1.54, 1.807) is 6.92 Å². The summed E-state index contributed by atoms with van der Waals surface area (Å²) < 4.78 is 6.83. The van der Waals surface area contributed by atoms with Gasteiger partial charge in [-0.3, -0.25) is 14.2 Å². The maximum Gasteiger partial charge on any atom is 0.266 e. The Morgan fingerprint density at radius 1 is 1.23 bits per heavy atom. The van der Waals surface area contributed by atoms with Crippen LogP contribution in [0.4, 0.5) is 0 Å². The first kappa shape index (κ1) is 20.0. The topological polar surface area (TPSA) is 94.1 Å². The molecule has 3 heterocycles. The number of aryl methyl sites for hydroxylation is 1. The quantitative estimate of drug-likeness (QED) is 0.645. The van der Waals surface area contributed by atoms with E-state index in [2.05, 4.69) is 22.0 Å². The average Bonchev–Trinajstić information content (AvgIpc) is 3.24. The number of hydrogen-bond donors (Lipinski definition) is 0. The number of hydrogen-bond acceptors (Lipinski definition) is 6. The van der Waals surface area contributed by atoms with Crippen LogP contribution < -0.4 is 5.56 Å². The highest BCUT2D eigenvalue weighted by Crippen LogP contribution is 2.20. The van der Waals surface area contributed by atoms with Crippen molar-refractivity contribution in [2.45, 2.75) is 52.1 Å². The van der Waals surface area contributed by atoms with Crippen LogP contribution in [0.2, 0.25) is 0 Å². The van der Waals surface area contributed by atoms with Gasteiger partial charge < -0.3 is 9.42 Å². The van der Waals surface area contributed by atoms with Crippen LogP contribution in [0.3, 0.4) is 0 Å². The molecule has 0 bridgehead atoms. The molecular formula is C22H25N5O3. The molecule has 0 saturated carbocycles. The van der Waals surface area contributed by atoms with E-state index in [1.165, 1.54) is 10.8 Å². The molecule has 156 valence electrons. The zero-order valence-electron chi connectivity index (χ0n) is 17.2. The molecule has 3 aromatic rings. The van der Waals surface area contributed by atoms with E-state index in [4.69, 9.17) is 4.52 Å². The molecule has 30 heavy (non-hydrogen) atoms.